The van der Waals surface area contributed by atoms with E-state index in [1.165, 1.54) is 12.1 Å². The highest BCUT2D eigenvalue weighted by atomic mass is 35.5. The molecular formula is C7H7Cl2NO2S. The first kappa shape index (κ1) is 10.8. The topological polar surface area (TPSA) is 60.2 Å². The molecule has 0 aliphatic rings. The molecule has 3 nitrogen and oxygen atoms in total. The van der Waals surface area contributed by atoms with E-state index in [1.54, 1.807) is 6.92 Å². The fourth-order valence-electron chi connectivity index (χ4n) is 0.846. The Morgan fingerprint density at radius 3 is 2.23 bits per heavy atom. The smallest absolute Gasteiger partial charge is 0.225 e. The van der Waals surface area contributed by atoms with Crippen LogP contribution in [0.2, 0.25) is 10.0 Å². The molecule has 1 rings (SSSR count). The number of sulfonamides is 1. The molecule has 0 heterocycles. The van der Waals surface area contributed by atoms with Gasteiger partial charge in [0.2, 0.25) is 10.0 Å². The van der Waals surface area contributed by atoms with E-state index in [0.717, 1.165) is 0 Å². The zero-order valence-electron chi connectivity index (χ0n) is 6.71. The van der Waals surface area contributed by atoms with Gasteiger partial charge in [-0.05, 0) is 24.6 Å². The van der Waals surface area contributed by atoms with Gasteiger partial charge in [0.15, 0.2) is 0 Å². The Bertz CT molecular complexity index is 442. The molecule has 0 aromatic heterocycles. The molecule has 0 aliphatic carbocycles. The largest absolute Gasteiger partial charge is 0.239 e. The molecule has 0 fully saturated rings. The van der Waals surface area contributed by atoms with Crippen LogP contribution in [0.25, 0.3) is 0 Å². The summed E-state index contributed by atoms with van der Waals surface area (Å²) in [5, 5.41) is 5.32. The molecule has 0 radical (unpaired) electrons. The van der Waals surface area contributed by atoms with Crippen molar-refractivity contribution < 1.29 is 8.42 Å². The normalized spacial score (nSPS) is 11.7. The third-order valence-electron chi connectivity index (χ3n) is 1.52. The van der Waals surface area contributed by atoms with Crippen LogP contribution in [0.3, 0.4) is 0 Å². The predicted octanol–water partition coefficient (Wildman–Crippen LogP) is 1.95. The molecule has 0 unspecified atom stereocenters. The second kappa shape index (κ2) is 3.46. The number of primary sulfonamides is 1. The fourth-order valence-corrected chi connectivity index (χ4v) is 2.23. The van der Waals surface area contributed by atoms with E-state index >= 15 is 0 Å². The maximum atomic E-state index is 11.0. The molecule has 0 saturated heterocycles. The van der Waals surface area contributed by atoms with Gasteiger partial charge in [0.25, 0.3) is 0 Å². The van der Waals surface area contributed by atoms with Crippen molar-refractivity contribution in [1.29, 1.82) is 0 Å². The maximum absolute atomic E-state index is 11.0. The monoisotopic (exact) mass is 239 g/mol. The van der Waals surface area contributed by atoms with E-state index in [1.807, 2.05) is 0 Å². The van der Waals surface area contributed by atoms with Crippen molar-refractivity contribution in [3.63, 3.8) is 0 Å². The van der Waals surface area contributed by atoms with E-state index in [2.05, 4.69) is 0 Å². The molecule has 0 bridgehead atoms. The molecule has 6 heteroatoms. The fraction of sp³-hybridized carbons (Fsp3) is 0.143. The van der Waals surface area contributed by atoms with Crippen molar-refractivity contribution in [1.82, 2.24) is 0 Å². The number of hydrogen-bond donors (Lipinski definition) is 1. The Kier molecular flexibility index (Phi) is 2.87. The zero-order valence-corrected chi connectivity index (χ0v) is 9.04. The van der Waals surface area contributed by atoms with E-state index in [9.17, 15) is 8.42 Å². The molecule has 0 saturated carbocycles. The van der Waals surface area contributed by atoms with Gasteiger partial charge in [-0.3, -0.25) is 0 Å². The van der Waals surface area contributed by atoms with E-state index in [0.29, 0.717) is 10.6 Å². The molecule has 0 atom stereocenters. The van der Waals surface area contributed by atoms with Gasteiger partial charge < -0.3 is 0 Å². The van der Waals surface area contributed by atoms with Gasteiger partial charge in [0.1, 0.15) is 4.90 Å². The van der Waals surface area contributed by atoms with Crippen molar-refractivity contribution in [3.8, 4) is 0 Å². The van der Waals surface area contributed by atoms with Gasteiger partial charge in [-0.25, -0.2) is 13.6 Å². The second-order valence-corrected chi connectivity index (χ2v) is 4.92. The number of rotatable bonds is 1. The summed E-state index contributed by atoms with van der Waals surface area (Å²) >= 11 is 11.4. The molecule has 72 valence electrons. The van der Waals surface area contributed by atoms with Gasteiger partial charge in [-0.15, -0.1) is 0 Å². The highest BCUT2D eigenvalue weighted by Gasteiger charge is 2.14. The van der Waals surface area contributed by atoms with Crippen LogP contribution in [-0.2, 0) is 10.0 Å². The van der Waals surface area contributed by atoms with Crippen LogP contribution in [0.1, 0.15) is 5.56 Å². The molecule has 0 spiro atoms. The summed E-state index contributed by atoms with van der Waals surface area (Å²) in [7, 11) is -3.79. The Morgan fingerprint density at radius 2 is 1.77 bits per heavy atom. The van der Waals surface area contributed by atoms with Gasteiger partial charge >= 0.3 is 0 Å². The lowest BCUT2D eigenvalue weighted by Gasteiger charge is -2.04. The Balaban J connectivity index is 3.50. The summed E-state index contributed by atoms with van der Waals surface area (Å²) in [6.45, 7) is 1.72. The van der Waals surface area contributed by atoms with E-state index in [4.69, 9.17) is 28.3 Å². The van der Waals surface area contributed by atoms with Crippen LogP contribution in [0.5, 0.6) is 0 Å². The Hall–Kier alpha value is -0.290. The first-order chi connectivity index (χ1) is 5.82. The highest BCUT2D eigenvalue weighted by molar-refractivity contribution is 7.89. The van der Waals surface area contributed by atoms with Crippen LogP contribution >= 0.6 is 23.2 Å². The minimum Gasteiger partial charge on any atom is -0.225 e. The van der Waals surface area contributed by atoms with Gasteiger partial charge in [-0.2, -0.15) is 0 Å². The average molecular weight is 240 g/mol. The number of benzene rings is 1. The third-order valence-corrected chi connectivity index (χ3v) is 3.30. The van der Waals surface area contributed by atoms with Crippen LogP contribution in [0, 0.1) is 6.92 Å². The molecule has 0 aliphatic heterocycles. The van der Waals surface area contributed by atoms with Crippen LogP contribution < -0.4 is 5.14 Å². The summed E-state index contributed by atoms with van der Waals surface area (Å²) in [6, 6.07) is 2.71. The molecule has 2 N–H and O–H groups in total. The molecule has 1 aromatic carbocycles. The molecule has 1 aromatic rings. The SMILES string of the molecule is Cc1cc(Cl)c(S(N)(=O)=O)cc1Cl. The summed E-state index contributed by atoms with van der Waals surface area (Å²) in [4.78, 5) is -0.148. The average Bonchev–Trinajstić information content (AvgIpc) is 1.94. The van der Waals surface area contributed by atoms with Gasteiger partial charge in [0, 0.05) is 5.02 Å². The van der Waals surface area contributed by atoms with E-state index < -0.39 is 10.0 Å². The number of halogens is 2. The lowest BCUT2D eigenvalue weighted by molar-refractivity contribution is 0.598. The van der Waals surface area contributed by atoms with Crippen LogP contribution in [0.4, 0.5) is 0 Å². The lowest BCUT2D eigenvalue weighted by atomic mass is 10.2. The molecular weight excluding hydrogens is 233 g/mol. The predicted molar refractivity (Wildman–Crippen MR) is 52.6 cm³/mol. The first-order valence-corrected chi connectivity index (χ1v) is 5.61. The standard InChI is InChI=1S/C7H7Cl2NO2S/c1-4-2-6(9)7(3-5(4)8)13(10,11)12/h2-3H,1H3,(H2,10,11,12). The summed E-state index contributed by atoms with van der Waals surface area (Å²) in [6.07, 6.45) is 0. The van der Waals surface area contributed by atoms with Crippen LogP contribution in [-0.4, -0.2) is 8.42 Å². The summed E-state index contributed by atoms with van der Waals surface area (Å²) < 4.78 is 21.9. The maximum Gasteiger partial charge on any atom is 0.239 e. The summed E-state index contributed by atoms with van der Waals surface area (Å²) in [5.74, 6) is 0. The quantitative estimate of drug-likeness (QED) is 0.815. The van der Waals surface area contributed by atoms with Crippen molar-refractivity contribution in [2.75, 3.05) is 0 Å². The van der Waals surface area contributed by atoms with Crippen molar-refractivity contribution in [2.24, 2.45) is 5.14 Å². The zero-order chi connectivity index (χ0) is 10.2. The van der Waals surface area contributed by atoms with Crippen molar-refractivity contribution in [3.05, 3.63) is 27.7 Å². The number of nitrogens with two attached hydrogens (primary N) is 1. The molecule has 13 heavy (non-hydrogen) atoms. The van der Waals surface area contributed by atoms with E-state index in [-0.39, 0.29) is 9.92 Å². The Labute approximate surface area is 86.5 Å². The minimum absolute atomic E-state index is 0.0874. The number of aryl methyl sites for hydroxylation is 1. The minimum atomic E-state index is -3.79. The highest BCUT2D eigenvalue weighted by Crippen LogP contribution is 2.27. The van der Waals surface area contributed by atoms with Crippen molar-refractivity contribution in [2.45, 2.75) is 11.8 Å². The third kappa shape index (κ3) is 2.34. The van der Waals surface area contributed by atoms with Crippen LogP contribution in [0.15, 0.2) is 17.0 Å². The lowest BCUT2D eigenvalue weighted by Crippen LogP contribution is -2.12. The number of hydrogen-bond acceptors (Lipinski definition) is 2. The Morgan fingerprint density at radius 1 is 1.23 bits per heavy atom. The van der Waals surface area contributed by atoms with Gasteiger partial charge in [-0.1, -0.05) is 23.2 Å². The van der Waals surface area contributed by atoms with Gasteiger partial charge in [0.05, 0.1) is 5.02 Å². The second-order valence-electron chi connectivity index (χ2n) is 2.58. The first-order valence-electron chi connectivity index (χ1n) is 3.31. The molecule has 0 amide bonds. The van der Waals surface area contributed by atoms with Crippen molar-refractivity contribution >= 4 is 33.2 Å². The summed E-state index contributed by atoms with van der Waals surface area (Å²) in [5.41, 5.74) is 0.707.